The number of nitrogens with zero attached hydrogens (tertiary/aromatic N) is 3. The second kappa shape index (κ2) is 6.80. The number of aliphatic carboxylic acids is 1. The van der Waals surface area contributed by atoms with E-state index < -0.39 is 12.0 Å². The van der Waals surface area contributed by atoms with E-state index >= 15 is 0 Å². The summed E-state index contributed by atoms with van der Waals surface area (Å²) < 4.78 is 1.33. The molecule has 1 heterocycles. The summed E-state index contributed by atoms with van der Waals surface area (Å²) in [6, 6.07) is 16.5. The lowest BCUT2D eigenvalue weighted by atomic mass is 10.0. The Kier molecular flexibility index (Phi) is 4.39. The summed E-state index contributed by atoms with van der Waals surface area (Å²) in [5.41, 5.74) is 3.16. The summed E-state index contributed by atoms with van der Waals surface area (Å²) >= 11 is 0. The SMILES string of the molecule is C[C@@H](C(=O)O)n1cc(-c2ccccc2C#Cc2ccccc2)nn1. The predicted molar refractivity (Wildman–Crippen MR) is 90.2 cm³/mol. The molecule has 0 radical (unpaired) electrons. The lowest BCUT2D eigenvalue weighted by molar-refractivity contribution is -0.140. The molecule has 5 heteroatoms. The Morgan fingerprint density at radius 3 is 2.54 bits per heavy atom. The fourth-order valence-electron chi connectivity index (χ4n) is 2.18. The van der Waals surface area contributed by atoms with Crippen LogP contribution in [0.25, 0.3) is 11.3 Å². The van der Waals surface area contributed by atoms with Crippen molar-refractivity contribution in [3.8, 4) is 23.1 Å². The first kappa shape index (κ1) is 15.5. The van der Waals surface area contributed by atoms with Gasteiger partial charge >= 0.3 is 5.97 Å². The number of carboxylic acids is 1. The fraction of sp³-hybridized carbons (Fsp3) is 0.105. The molecule has 3 aromatic rings. The molecule has 0 aliphatic carbocycles. The van der Waals surface area contributed by atoms with Crippen LogP contribution in [-0.4, -0.2) is 26.1 Å². The highest BCUT2D eigenvalue weighted by Gasteiger charge is 2.16. The van der Waals surface area contributed by atoms with Crippen molar-refractivity contribution in [1.82, 2.24) is 15.0 Å². The topological polar surface area (TPSA) is 68.0 Å². The van der Waals surface area contributed by atoms with Crippen LogP contribution in [0.1, 0.15) is 24.1 Å². The van der Waals surface area contributed by atoms with Gasteiger partial charge in [0.1, 0.15) is 11.7 Å². The van der Waals surface area contributed by atoms with Gasteiger partial charge in [0.05, 0.1) is 6.20 Å². The van der Waals surface area contributed by atoms with E-state index in [1.165, 1.54) is 4.68 Å². The lowest BCUT2D eigenvalue weighted by Gasteiger charge is -2.04. The van der Waals surface area contributed by atoms with Gasteiger partial charge in [0, 0.05) is 16.7 Å². The number of hydrogen-bond donors (Lipinski definition) is 1. The minimum atomic E-state index is -0.955. The van der Waals surface area contributed by atoms with Crippen molar-refractivity contribution in [2.75, 3.05) is 0 Å². The Bertz CT molecular complexity index is 920. The van der Waals surface area contributed by atoms with E-state index in [-0.39, 0.29) is 0 Å². The van der Waals surface area contributed by atoms with Crippen LogP contribution in [0.5, 0.6) is 0 Å². The second-order valence-corrected chi connectivity index (χ2v) is 5.26. The van der Waals surface area contributed by atoms with E-state index in [2.05, 4.69) is 22.2 Å². The van der Waals surface area contributed by atoms with Crippen molar-refractivity contribution < 1.29 is 9.90 Å². The Balaban J connectivity index is 1.96. The Labute approximate surface area is 139 Å². The molecule has 0 fully saturated rings. The maximum atomic E-state index is 11.1. The van der Waals surface area contributed by atoms with Gasteiger partial charge < -0.3 is 5.11 Å². The molecule has 24 heavy (non-hydrogen) atoms. The maximum absolute atomic E-state index is 11.1. The molecule has 1 aromatic heterocycles. The first-order valence-electron chi connectivity index (χ1n) is 7.46. The number of benzene rings is 2. The van der Waals surface area contributed by atoms with Crippen LogP contribution in [0, 0.1) is 11.8 Å². The number of aromatic nitrogens is 3. The fourth-order valence-corrected chi connectivity index (χ4v) is 2.18. The third-order valence-corrected chi connectivity index (χ3v) is 3.58. The normalized spacial score (nSPS) is 11.4. The van der Waals surface area contributed by atoms with E-state index in [0.29, 0.717) is 5.69 Å². The van der Waals surface area contributed by atoms with Crippen molar-refractivity contribution in [2.24, 2.45) is 0 Å². The van der Waals surface area contributed by atoms with Crippen LogP contribution < -0.4 is 0 Å². The van der Waals surface area contributed by atoms with E-state index in [4.69, 9.17) is 5.11 Å². The van der Waals surface area contributed by atoms with Crippen LogP contribution in [0.4, 0.5) is 0 Å². The number of carboxylic acid groups (broad SMARTS) is 1. The van der Waals surface area contributed by atoms with Crippen LogP contribution >= 0.6 is 0 Å². The van der Waals surface area contributed by atoms with E-state index in [1.807, 2.05) is 54.6 Å². The summed E-state index contributed by atoms with van der Waals surface area (Å²) in [6.07, 6.45) is 1.63. The van der Waals surface area contributed by atoms with Gasteiger partial charge in [-0.15, -0.1) is 5.10 Å². The maximum Gasteiger partial charge on any atom is 0.328 e. The molecule has 1 N–H and O–H groups in total. The van der Waals surface area contributed by atoms with Gasteiger partial charge in [-0.1, -0.05) is 53.5 Å². The lowest BCUT2D eigenvalue weighted by Crippen LogP contribution is -2.15. The van der Waals surface area contributed by atoms with Gasteiger partial charge in [-0.3, -0.25) is 0 Å². The van der Waals surface area contributed by atoms with Crippen LogP contribution in [0.2, 0.25) is 0 Å². The van der Waals surface area contributed by atoms with Gasteiger partial charge in [0.25, 0.3) is 0 Å². The van der Waals surface area contributed by atoms with E-state index in [1.54, 1.807) is 13.1 Å². The number of rotatable bonds is 3. The van der Waals surface area contributed by atoms with E-state index in [9.17, 15) is 4.79 Å². The van der Waals surface area contributed by atoms with Gasteiger partial charge in [-0.25, -0.2) is 9.48 Å². The largest absolute Gasteiger partial charge is 0.480 e. The highest BCUT2D eigenvalue weighted by Crippen LogP contribution is 2.21. The zero-order valence-electron chi connectivity index (χ0n) is 13.0. The summed E-state index contributed by atoms with van der Waals surface area (Å²) in [5.74, 6) is 5.31. The smallest absolute Gasteiger partial charge is 0.328 e. The molecule has 0 aliphatic rings. The monoisotopic (exact) mass is 317 g/mol. The highest BCUT2D eigenvalue weighted by molar-refractivity contribution is 5.72. The standard InChI is InChI=1S/C19H15N3O2/c1-14(19(23)24)22-13-18(20-21-22)17-10-6-5-9-16(17)12-11-15-7-3-2-4-8-15/h2-10,13-14H,1H3,(H,23,24)/t14-/m0/s1. The molecule has 3 rings (SSSR count). The van der Waals surface area contributed by atoms with Gasteiger partial charge in [0.2, 0.25) is 0 Å². The average Bonchev–Trinajstić information content (AvgIpc) is 3.10. The molecule has 1 atom stereocenters. The van der Waals surface area contributed by atoms with Gasteiger partial charge in [-0.05, 0) is 25.1 Å². The number of carbonyl (C=O) groups is 1. The van der Waals surface area contributed by atoms with Crippen LogP contribution in [-0.2, 0) is 4.79 Å². The van der Waals surface area contributed by atoms with Crippen molar-refractivity contribution >= 4 is 5.97 Å². The molecule has 0 bridgehead atoms. The summed E-state index contributed by atoms with van der Waals surface area (Å²) in [5, 5.41) is 17.1. The van der Waals surface area contributed by atoms with Gasteiger partial charge in [-0.2, -0.15) is 0 Å². The van der Waals surface area contributed by atoms with Crippen molar-refractivity contribution in [1.29, 1.82) is 0 Å². The molecule has 118 valence electrons. The average molecular weight is 317 g/mol. The zero-order valence-corrected chi connectivity index (χ0v) is 13.0. The Morgan fingerprint density at radius 2 is 1.79 bits per heavy atom. The first-order valence-corrected chi connectivity index (χ1v) is 7.46. The third kappa shape index (κ3) is 3.33. The Morgan fingerprint density at radius 1 is 1.08 bits per heavy atom. The van der Waals surface area contributed by atoms with Crippen LogP contribution in [0.3, 0.4) is 0 Å². The first-order chi connectivity index (χ1) is 11.6. The molecule has 0 saturated carbocycles. The molecule has 0 aliphatic heterocycles. The molecule has 2 aromatic carbocycles. The predicted octanol–water partition coefficient (Wildman–Crippen LogP) is 2.99. The summed E-state index contributed by atoms with van der Waals surface area (Å²) in [4.78, 5) is 11.1. The minimum absolute atomic E-state index is 0.598. The molecule has 0 spiro atoms. The van der Waals surface area contributed by atoms with Crippen LogP contribution in [0.15, 0.2) is 60.8 Å². The third-order valence-electron chi connectivity index (χ3n) is 3.58. The zero-order chi connectivity index (χ0) is 16.9. The summed E-state index contributed by atoms with van der Waals surface area (Å²) in [6.45, 7) is 1.56. The minimum Gasteiger partial charge on any atom is -0.480 e. The Hall–Kier alpha value is -3.39. The molecule has 0 saturated heterocycles. The van der Waals surface area contributed by atoms with Crippen molar-refractivity contribution in [3.63, 3.8) is 0 Å². The van der Waals surface area contributed by atoms with Gasteiger partial charge in [0.15, 0.2) is 0 Å². The highest BCUT2D eigenvalue weighted by atomic mass is 16.4. The van der Waals surface area contributed by atoms with E-state index in [0.717, 1.165) is 16.7 Å². The number of hydrogen-bond acceptors (Lipinski definition) is 3. The molecular weight excluding hydrogens is 302 g/mol. The molecule has 0 amide bonds. The van der Waals surface area contributed by atoms with Crippen molar-refractivity contribution in [3.05, 3.63) is 71.9 Å². The second-order valence-electron chi connectivity index (χ2n) is 5.26. The summed E-state index contributed by atoms with van der Waals surface area (Å²) in [7, 11) is 0. The van der Waals surface area contributed by atoms with Crippen molar-refractivity contribution in [2.45, 2.75) is 13.0 Å². The quantitative estimate of drug-likeness (QED) is 0.754. The molecular formula is C19H15N3O2. The molecule has 0 unspecified atom stereocenters. The molecule has 5 nitrogen and oxygen atoms in total.